The molecule has 0 nitrogen and oxygen atoms in total. The van der Waals surface area contributed by atoms with Crippen LogP contribution >= 0.6 is 0 Å². The highest BCUT2D eigenvalue weighted by atomic mass is 19.2. The number of aryl methyl sites for hydroxylation is 1. The van der Waals surface area contributed by atoms with Crippen molar-refractivity contribution in [2.24, 2.45) is 0 Å². The Labute approximate surface area is 137 Å². The SMILES string of the molecule is CCCc1ccc(C2CCC(c3ccc(F)c(F)c3)CC2)cc1. The molecule has 0 spiro atoms. The van der Waals surface area contributed by atoms with Gasteiger partial charge in [0.25, 0.3) is 0 Å². The van der Waals surface area contributed by atoms with Gasteiger partial charge in [-0.25, -0.2) is 8.78 Å². The van der Waals surface area contributed by atoms with Crippen molar-refractivity contribution < 1.29 is 8.78 Å². The van der Waals surface area contributed by atoms with Crippen molar-refractivity contribution in [3.8, 4) is 0 Å². The van der Waals surface area contributed by atoms with E-state index in [1.54, 1.807) is 6.07 Å². The largest absolute Gasteiger partial charge is 0.204 e. The number of benzene rings is 2. The Balaban J connectivity index is 1.62. The van der Waals surface area contributed by atoms with E-state index in [4.69, 9.17) is 0 Å². The zero-order valence-corrected chi connectivity index (χ0v) is 13.7. The van der Waals surface area contributed by atoms with Gasteiger partial charge in [-0.1, -0.05) is 43.7 Å². The van der Waals surface area contributed by atoms with Crippen molar-refractivity contribution >= 4 is 0 Å². The lowest BCUT2D eigenvalue weighted by Crippen LogP contribution is -2.12. The van der Waals surface area contributed by atoms with Gasteiger partial charge < -0.3 is 0 Å². The van der Waals surface area contributed by atoms with Crippen LogP contribution in [-0.2, 0) is 6.42 Å². The van der Waals surface area contributed by atoms with Crippen LogP contribution in [-0.4, -0.2) is 0 Å². The lowest BCUT2D eigenvalue weighted by molar-refractivity contribution is 0.394. The summed E-state index contributed by atoms with van der Waals surface area (Å²) in [5, 5.41) is 0. The third-order valence-corrected chi connectivity index (χ3v) is 5.13. The highest BCUT2D eigenvalue weighted by molar-refractivity contribution is 5.27. The first kappa shape index (κ1) is 16.2. The van der Waals surface area contributed by atoms with Crippen molar-refractivity contribution in [3.05, 3.63) is 70.8 Å². The average molecular weight is 314 g/mol. The molecule has 1 fully saturated rings. The Morgan fingerprint density at radius 2 is 1.35 bits per heavy atom. The Morgan fingerprint density at radius 1 is 0.783 bits per heavy atom. The van der Waals surface area contributed by atoms with E-state index < -0.39 is 11.6 Å². The van der Waals surface area contributed by atoms with Crippen LogP contribution < -0.4 is 0 Å². The lowest BCUT2D eigenvalue weighted by Gasteiger charge is -2.29. The molecule has 0 saturated heterocycles. The summed E-state index contributed by atoms with van der Waals surface area (Å²) in [5.41, 5.74) is 3.78. The van der Waals surface area contributed by atoms with Crippen LogP contribution in [0.15, 0.2) is 42.5 Å². The summed E-state index contributed by atoms with van der Waals surface area (Å²) in [6, 6.07) is 13.4. The number of rotatable bonds is 4. The number of hydrogen-bond acceptors (Lipinski definition) is 0. The van der Waals surface area contributed by atoms with Crippen LogP contribution in [0, 0.1) is 11.6 Å². The fourth-order valence-corrected chi connectivity index (χ4v) is 3.77. The van der Waals surface area contributed by atoms with Gasteiger partial charge in [-0.2, -0.15) is 0 Å². The third kappa shape index (κ3) is 3.80. The molecule has 3 rings (SSSR count). The number of halogens is 2. The van der Waals surface area contributed by atoms with Gasteiger partial charge in [0.2, 0.25) is 0 Å². The van der Waals surface area contributed by atoms with Crippen molar-refractivity contribution in [1.82, 2.24) is 0 Å². The second-order valence-electron chi connectivity index (χ2n) is 6.71. The molecule has 122 valence electrons. The Morgan fingerprint density at radius 3 is 1.91 bits per heavy atom. The zero-order valence-electron chi connectivity index (χ0n) is 13.7. The minimum Gasteiger partial charge on any atom is -0.204 e. The van der Waals surface area contributed by atoms with Crippen molar-refractivity contribution in [2.75, 3.05) is 0 Å². The molecule has 1 aliphatic carbocycles. The summed E-state index contributed by atoms with van der Waals surface area (Å²) >= 11 is 0. The fraction of sp³-hybridized carbons (Fsp3) is 0.429. The summed E-state index contributed by atoms with van der Waals surface area (Å²) < 4.78 is 26.5. The molecule has 0 bridgehead atoms. The smallest absolute Gasteiger partial charge is 0.159 e. The van der Waals surface area contributed by atoms with Crippen LogP contribution in [0.4, 0.5) is 8.78 Å². The van der Waals surface area contributed by atoms with Gasteiger partial charge in [-0.3, -0.25) is 0 Å². The van der Waals surface area contributed by atoms with Gasteiger partial charge >= 0.3 is 0 Å². The first-order valence-corrected chi connectivity index (χ1v) is 8.71. The van der Waals surface area contributed by atoms with E-state index in [1.807, 2.05) is 0 Å². The van der Waals surface area contributed by atoms with E-state index >= 15 is 0 Å². The molecule has 0 unspecified atom stereocenters. The highest BCUT2D eigenvalue weighted by Crippen LogP contribution is 2.40. The van der Waals surface area contributed by atoms with Crippen LogP contribution in [0.25, 0.3) is 0 Å². The van der Waals surface area contributed by atoms with E-state index in [2.05, 4.69) is 31.2 Å². The van der Waals surface area contributed by atoms with E-state index in [1.165, 1.54) is 29.7 Å². The van der Waals surface area contributed by atoms with Gasteiger partial charge in [0.15, 0.2) is 11.6 Å². The molecular formula is C21H24F2. The normalized spacial score (nSPS) is 21.3. The molecule has 1 saturated carbocycles. The van der Waals surface area contributed by atoms with Crippen molar-refractivity contribution in [2.45, 2.75) is 57.3 Å². The van der Waals surface area contributed by atoms with Crippen LogP contribution in [0.2, 0.25) is 0 Å². The summed E-state index contributed by atoms with van der Waals surface area (Å²) in [7, 11) is 0. The first-order chi connectivity index (χ1) is 11.2. The molecule has 2 aromatic carbocycles. The van der Waals surface area contributed by atoms with Gasteiger partial charge in [0.1, 0.15) is 0 Å². The lowest BCUT2D eigenvalue weighted by atomic mass is 9.76. The predicted molar refractivity (Wildman–Crippen MR) is 90.7 cm³/mol. The van der Waals surface area contributed by atoms with Crippen LogP contribution in [0.5, 0.6) is 0 Å². The Hall–Kier alpha value is -1.70. The van der Waals surface area contributed by atoms with E-state index in [-0.39, 0.29) is 0 Å². The summed E-state index contributed by atoms with van der Waals surface area (Å²) in [4.78, 5) is 0. The van der Waals surface area contributed by atoms with Gasteiger partial charge in [0, 0.05) is 0 Å². The molecule has 0 radical (unpaired) electrons. The van der Waals surface area contributed by atoms with Gasteiger partial charge in [0.05, 0.1) is 0 Å². The average Bonchev–Trinajstić information content (AvgIpc) is 2.59. The quantitative estimate of drug-likeness (QED) is 0.616. The molecule has 0 N–H and O–H groups in total. The van der Waals surface area contributed by atoms with E-state index in [0.717, 1.165) is 37.7 Å². The molecule has 23 heavy (non-hydrogen) atoms. The zero-order chi connectivity index (χ0) is 16.2. The molecule has 0 heterocycles. The molecule has 1 aliphatic rings. The summed E-state index contributed by atoms with van der Waals surface area (Å²) in [5.74, 6) is -0.515. The topological polar surface area (TPSA) is 0 Å². The molecule has 2 aromatic rings. The summed E-state index contributed by atoms with van der Waals surface area (Å²) in [6.07, 6.45) is 6.66. The maximum Gasteiger partial charge on any atom is 0.159 e. The molecule has 0 aromatic heterocycles. The molecule has 0 aliphatic heterocycles. The van der Waals surface area contributed by atoms with E-state index in [9.17, 15) is 8.78 Å². The van der Waals surface area contributed by atoms with E-state index in [0.29, 0.717) is 11.8 Å². The van der Waals surface area contributed by atoms with Gasteiger partial charge in [-0.05, 0) is 72.8 Å². The predicted octanol–water partition coefficient (Wildman–Crippen LogP) is 6.36. The molecule has 0 amide bonds. The number of hydrogen-bond donors (Lipinski definition) is 0. The van der Waals surface area contributed by atoms with Gasteiger partial charge in [-0.15, -0.1) is 0 Å². The molecular weight excluding hydrogens is 290 g/mol. The maximum atomic E-state index is 13.4. The molecule has 0 atom stereocenters. The summed E-state index contributed by atoms with van der Waals surface area (Å²) in [6.45, 7) is 2.20. The maximum absolute atomic E-state index is 13.4. The van der Waals surface area contributed by atoms with Crippen molar-refractivity contribution in [1.29, 1.82) is 0 Å². The second kappa shape index (κ2) is 7.25. The Bertz CT molecular complexity index is 637. The minimum atomic E-state index is -0.755. The standard InChI is InChI=1S/C21H24F2/c1-2-3-15-4-6-16(7-5-15)17-8-10-18(11-9-17)19-12-13-20(22)21(23)14-19/h4-7,12-14,17-18H,2-3,8-11H2,1H3. The fourth-order valence-electron chi connectivity index (χ4n) is 3.77. The monoisotopic (exact) mass is 314 g/mol. The molecule has 2 heteroatoms. The highest BCUT2D eigenvalue weighted by Gasteiger charge is 2.24. The third-order valence-electron chi connectivity index (χ3n) is 5.13. The van der Waals surface area contributed by atoms with Crippen LogP contribution in [0.3, 0.4) is 0 Å². The Kier molecular flexibility index (Phi) is 5.09. The second-order valence-corrected chi connectivity index (χ2v) is 6.71. The minimum absolute atomic E-state index is 0.362. The first-order valence-electron chi connectivity index (χ1n) is 8.71. The van der Waals surface area contributed by atoms with Crippen LogP contribution in [0.1, 0.15) is 67.6 Å². The van der Waals surface area contributed by atoms with Crippen molar-refractivity contribution in [3.63, 3.8) is 0 Å².